The van der Waals surface area contributed by atoms with Crippen molar-refractivity contribution in [3.63, 3.8) is 0 Å². The molecule has 2 nitrogen and oxygen atoms in total. The van der Waals surface area contributed by atoms with Gasteiger partial charge in [-0.2, -0.15) is 0 Å². The van der Waals surface area contributed by atoms with E-state index in [4.69, 9.17) is 28.0 Å². The first kappa shape index (κ1) is 11.3. The van der Waals surface area contributed by atoms with Crippen LogP contribution < -0.4 is 0 Å². The van der Waals surface area contributed by atoms with E-state index in [9.17, 15) is 0 Å². The van der Waals surface area contributed by atoms with Crippen LogP contribution in [0.3, 0.4) is 0 Å². The van der Waals surface area contributed by atoms with Gasteiger partial charge in [0, 0.05) is 5.56 Å². The van der Waals surface area contributed by atoms with Crippen molar-refractivity contribution in [3.8, 4) is 0 Å². The van der Waals surface area contributed by atoms with Crippen LogP contribution in [0, 0.1) is 0 Å². The minimum atomic E-state index is 0.529. The highest BCUT2D eigenvalue weighted by molar-refractivity contribution is 6.42. The maximum Gasteiger partial charge on any atom is 0.106 e. The monoisotopic (exact) mass is 231 g/mol. The minimum absolute atomic E-state index is 0.529. The van der Waals surface area contributed by atoms with Crippen LogP contribution in [0.25, 0.3) is 0 Å². The van der Waals surface area contributed by atoms with Gasteiger partial charge in [0.15, 0.2) is 0 Å². The van der Waals surface area contributed by atoms with Crippen LogP contribution in [-0.2, 0) is 4.84 Å². The average Bonchev–Trinajstić information content (AvgIpc) is 2.19. The van der Waals surface area contributed by atoms with E-state index >= 15 is 0 Å². The lowest BCUT2D eigenvalue weighted by atomic mass is 10.1. The van der Waals surface area contributed by atoms with Crippen molar-refractivity contribution in [3.05, 3.63) is 33.8 Å². The molecule has 76 valence electrons. The van der Waals surface area contributed by atoms with E-state index in [0.717, 1.165) is 17.7 Å². The molecule has 1 aromatic carbocycles. The summed E-state index contributed by atoms with van der Waals surface area (Å²) in [7, 11) is 1.52. The molecule has 0 N–H and O–H groups in total. The summed E-state index contributed by atoms with van der Waals surface area (Å²) in [5.74, 6) is 0. The second kappa shape index (κ2) is 5.23. The zero-order chi connectivity index (χ0) is 10.6. The molecule has 0 aromatic heterocycles. The van der Waals surface area contributed by atoms with Gasteiger partial charge >= 0.3 is 0 Å². The zero-order valence-electron chi connectivity index (χ0n) is 8.05. The third kappa shape index (κ3) is 2.63. The fourth-order valence-electron chi connectivity index (χ4n) is 1.11. The lowest BCUT2D eigenvalue weighted by molar-refractivity contribution is 0.213. The second-order valence-electron chi connectivity index (χ2n) is 2.70. The number of halogens is 2. The number of nitrogens with zero attached hydrogens (tertiary/aromatic N) is 1. The van der Waals surface area contributed by atoms with Gasteiger partial charge in [0.1, 0.15) is 7.11 Å². The molecule has 14 heavy (non-hydrogen) atoms. The van der Waals surface area contributed by atoms with Crippen LogP contribution in [0.5, 0.6) is 0 Å². The van der Waals surface area contributed by atoms with Gasteiger partial charge in [-0.15, -0.1) is 0 Å². The molecule has 0 saturated carbocycles. The minimum Gasteiger partial charge on any atom is -0.399 e. The van der Waals surface area contributed by atoms with Crippen LogP contribution in [0.4, 0.5) is 0 Å². The lowest BCUT2D eigenvalue weighted by Gasteiger charge is -2.04. The Balaban J connectivity index is 3.06. The third-order valence-corrected chi connectivity index (χ3v) is 2.53. The Kier molecular flexibility index (Phi) is 4.23. The molecule has 1 aromatic rings. The average molecular weight is 232 g/mol. The summed E-state index contributed by atoms with van der Waals surface area (Å²) in [6.07, 6.45) is 0.784. The Labute approximate surface area is 93.5 Å². The van der Waals surface area contributed by atoms with Crippen molar-refractivity contribution >= 4 is 28.9 Å². The van der Waals surface area contributed by atoms with Crippen molar-refractivity contribution in [2.75, 3.05) is 7.11 Å². The number of hydrogen-bond acceptors (Lipinski definition) is 2. The molecule has 0 heterocycles. The maximum atomic E-state index is 5.89. The molecular formula is C10H11Cl2NO. The first-order valence-electron chi connectivity index (χ1n) is 4.24. The fourth-order valence-corrected chi connectivity index (χ4v) is 1.41. The molecule has 0 aliphatic rings. The molecule has 0 bridgehead atoms. The predicted molar refractivity (Wildman–Crippen MR) is 60.3 cm³/mol. The summed E-state index contributed by atoms with van der Waals surface area (Å²) in [4.78, 5) is 4.73. The first-order valence-corrected chi connectivity index (χ1v) is 5.00. The molecule has 4 heteroatoms. The van der Waals surface area contributed by atoms with E-state index in [0.29, 0.717) is 10.0 Å². The summed E-state index contributed by atoms with van der Waals surface area (Å²) in [6, 6.07) is 5.40. The van der Waals surface area contributed by atoms with Gasteiger partial charge in [-0.05, 0) is 18.6 Å². The summed E-state index contributed by atoms with van der Waals surface area (Å²) in [5.41, 5.74) is 1.79. The van der Waals surface area contributed by atoms with Crippen molar-refractivity contribution in [1.82, 2.24) is 0 Å². The molecule has 0 aliphatic heterocycles. The normalized spacial score (nSPS) is 11.6. The van der Waals surface area contributed by atoms with E-state index in [1.807, 2.05) is 13.0 Å². The van der Waals surface area contributed by atoms with E-state index in [-0.39, 0.29) is 0 Å². The fraction of sp³-hybridized carbons (Fsp3) is 0.300. The first-order chi connectivity index (χ1) is 6.69. The van der Waals surface area contributed by atoms with Crippen molar-refractivity contribution in [2.24, 2.45) is 5.16 Å². The lowest BCUT2D eigenvalue weighted by Crippen LogP contribution is -1.99. The second-order valence-corrected chi connectivity index (χ2v) is 3.52. The summed E-state index contributed by atoms with van der Waals surface area (Å²) in [5, 5.41) is 4.97. The van der Waals surface area contributed by atoms with Gasteiger partial charge in [0.05, 0.1) is 15.8 Å². The molecule has 0 spiro atoms. The molecule has 0 atom stereocenters. The van der Waals surface area contributed by atoms with Gasteiger partial charge in [-0.1, -0.05) is 41.3 Å². The summed E-state index contributed by atoms with van der Waals surface area (Å²) < 4.78 is 0. The molecule has 0 fully saturated rings. The molecule has 0 unspecified atom stereocenters. The van der Waals surface area contributed by atoms with Crippen LogP contribution in [-0.4, -0.2) is 12.8 Å². The van der Waals surface area contributed by atoms with E-state index in [1.54, 1.807) is 12.1 Å². The Bertz CT molecular complexity index is 350. The van der Waals surface area contributed by atoms with Crippen molar-refractivity contribution in [2.45, 2.75) is 13.3 Å². The van der Waals surface area contributed by atoms with Crippen LogP contribution in [0.1, 0.15) is 18.9 Å². The third-order valence-electron chi connectivity index (χ3n) is 1.79. The van der Waals surface area contributed by atoms with Crippen molar-refractivity contribution < 1.29 is 4.84 Å². The largest absolute Gasteiger partial charge is 0.399 e. The van der Waals surface area contributed by atoms with Gasteiger partial charge in [-0.3, -0.25) is 0 Å². The van der Waals surface area contributed by atoms with Crippen LogP contribution >= 0.6 is 23.2 Å². The molecule has 0 radical (unpaired) electrons. The Morgan fingerprint density at radius 3 is 2.57 bits per heavy atom. The Hall–Kier alpha value is -0.730. The standard InChI is InChI=1S/C10H11Cl2NO/c1-3-10(13-14-2)7-4-5-8(11)9(12)6-7/h4-6H,3H2,1-2H3. The maximum absolute atomic E-state index is 5.89. The van der Waals surface area contributed by atoms with E-state index < -0.39 is 0 Å². The Morgan fingerprint density at radius 1 is 1.36 bits per heavy atom. The highest BCUT2D eigenvalue weighted by Gasteiger charge is 2.04. The van der Waals surface area contributed by atoms with E-state index in [2.05, 4.69) is 5.16 Å². The SMILES string of the molecule is CCC(=NOC)c1ccc(Cl)c(Cl)c1. The number of benzene rings is 1. The molecular weight excluding hydrogens is 221 g/mol. The number of oxime groups is 1. The predicted octanol–water partition coefficient (Wildman–Crippen LogP) is 3.75. The topological polar surface area (TPSA) is 21.6 Å². The van der Waals surface area contributed by atoms with Gasteiger partial charge < -0.3 is 4.84 Å². The van der Waals surface area contributed by atoms with E-state index in [1.165, 1.54) is 7.11 Å². The molecule has 1 rings (SSSR count). The smallest absolute Gasteiger partial charge is 0.106 e. The van der Waals surface area contributed by atoms with Crippen molar-refractivity contribution in [1.29, 1.82) is 0 Å². The Morgan fingerprint density at radius 2 is 2.07 bits per heavy atom. The number of rotatable bonds is 3. The number of hydrogen-bond donors (Lipinski definition) is 0. The highest BCUT2D eigenvalue weighted by Crippen LogP contribution is 2.23. The quantitative estimate of drug-likeness (QED) is 0.574. The summed E-state index contributed by atoms with van der Waals surface area (Å²) in [6.45, 7) is 2.00. The zero-order valence-corrected chi connectivity index (χ0v) is 9.56. The van der Waals surface area contributed by atoms with Crippen LogP contribution in [0.15, 0.2) is 23.4 Å². The molecule has 0 saturated heterocycles. The van der Waals surface area contributed by atoms with Crippen LogP contribution in [0.2, 0.25) is 10.0 Å². The molecule has 0 aliphatic carbocycles. The summed E-state index contributed by atoms with van der Waals surface area (Å²) >= 11 is 11.7. The highest BCUT2D eigenvalue weighted by atomic mass is 35.5. The molecule has 0 amide bonds. The van der Waals surface area contributed by atoms with Gasteiger partial charge in [-0.25, -0.2) is 0 Å². The van der Waals surface area contributed by atoms with Gasteiger partial charge in [0.2, 0.25) is 0 Å². The van der Waals surface area contributed by atoms with Gasteiger partial charge in [0.25, 0.3) is 0 Å².